The Balaban J connectivity index is 0.000000424. The minimum absolute atomic E-state index is 0.0282. The standard InChI is InChI=1S/C19H23NO.C6H13FN2/c1-13-6-8-15(9-7-13)16-10-14(2)11-17(12-16)18(21)20-19(3,4)5;1-6(2,3)5(4-8)9-7/h6-12H,1-5H3,(H,20,21);4,8H2,1-3H3/b;9-5+. The van der Waals surface area contributed by atoms with Crippen LogP contribution >= 0.6 is 0 Å². The van der Waals surface area contributed by atoms with Crippen molar-refractivity contribution < 1.29 is 9.28 Å². The van der Waals surface area contributed by atoms with Crippen molar-refractivity contribution in [3.05, 3.63) is 59.2 Å². The van der Waals surface area contributed by atoms with Gasteiger partial charge in [-0.2, -0.15) is 0 Å². The lowest BCUT2D eigenvalue weighted by Gasteiger charge is -2.21. The number of benzene rings is 2. The third-order valence-corrected chi connectivity index (χ3v) is 4.37. The molecule has 0 fully saturated rings. The van der Waals surface area contributed by atoms with Gasteiger partial charge in [0, 0.05) is 23.1 Å². The van der Waals surface area contributed by atoms with Crippen LogP contribution in [0.4, 0.5) is 4.48 Å². The summed E-state index contributed by atoms with van der Waals surface area (Å²) in [6.45, 7) is 15.9. The van der Waals surface area contributed by atoms with E-state index in [0.717, 1.165) is 16.7 Å². The van der Waals surface area contributed by atoms with Crippen molar-refractivity contribution in [2.24, 2.45) is 16.4 Å². The molecule has 30 heavy (non-hydrogen) atoms. The second-order valence-corrected chi connectivity index (χ2v) is 9.64. The highest BCUT2D eigenvalue weighted by Gasteiger charge is 2.17. The van der Waals surface area contributed by atoms with Crippen molar-refractivity contribution in [3.8, 4) is 11.1 Å². The molecule has 0 aliphatic heterocycles. The Morgan fingerprint density at radius 1 is 0.933 bits per heavy atom. The molecule has 0 bridgehead atoms. The normalized spacial score (nSPS) is 12.1. The predicted molar refractivity (Wildman–Crippen MR) is 126 cm³/mol. The zero-order chi connectivity index (χ0) is 23.1. The number of carbonyl (C=O) groups is 1. The van der Waals surface area contributed by atoms with E-state index in [4.69, 9.17) is 5.73 Å². The molecule has 4 nitrogen and oxygen atoms in total. The average molecular weight is 414 g/mol. The molecule has 0 aliphatic rings. The summed E-state index contributed by atoms with van der Waals surface area (Å²) in [7, 11) is 0. The Morgan fingerprint density at radius 3 is 1.90 bits per heavy atom. The van der Waals surface area contributed by atoms with Crippen LogP contribution in [-0.2, 0) is 0 Å². The van der Waals surface area contributed by atoms with Crippen LogP contribution in [-0.4, -0.2) is 23.7 Å². The minimum atomic E-state index is -0.233. The van der Waals surface area contributed by atoms with Gasteiger partial charge in [0.15, 0.2) is 0 Å². The Kier molecular flexibility index (Phi) is 8.91. The van der Waals surface area contributed by atoms with Crippen molar-refractivity contribution in [2.45, 2.75) is 60.9 Å². The van der Waals surface area contributed by atoms with Gasteiger partial charge < -0.3 is 11.1 Å². The maximum Gasteiger partial charge on any atom is 0.251 e. The van der Waals surface area contributed by atoms with Crippen molar-refractivity contribution in [2.75, 3.05) is 6.54 Å². The van der Waals surface area contributed by atoms with Gasteiger partial charge in [-0.05, 0) is 63.4 Å². The summed E-state index contributed by atoms with van der Waals surface area (Å²) < 4.78 is 11.7. The summed E-state index contributed by atoms with van der Waals surface area (Å²) in [5.41, 5.74) is 10.4. The molecule has 1 amide bonds. The summed E-state index contributed by atoms with van der Waals surface area (Å²) in [5.74, 6) is -0.0282. The first-order valence-electron chi connectivity index (χ1n) is 10.2. The molecule has 3 N–H and O–H groups in total. The lowest BCUT2D eigenvalue weighted by molar-refractivity contribution is 0.0919. The number of rotatable bonds is 3. The number of amides is 1. The van der Waals surface area contributed by atoms with Gasteiger partial charge in [-0.1, -0.05) is 66.4 Å². The second-order valence-electron chi connectivity index (χ2n) is 9.64. The third kappa shape index (κ3) is 8.46. The first-order chi connectivity index (χ1) is 13.8. The number of halogens is 1. The Labute approximate surface area is 180 Å². The zero-order valence-corrected chi connectivity index (χ0v) is 19.6. The molecule has 2 aromatic carbocycles. The van der Waals surface area contributed by atoms with E-state index in [2.05, 4.69) is 47.8 Å². The van der Waals surface area contributed by atoms with Crippen LogP contribution in [0.1, 0.15) is 63.0 Å². The van der Waals surface area contributed by atoms with E-state index in [1.54, 1.807) is 0 Å². The number of hydrogen-bond acceptors (Lipinski definition) is 3. The first-order valence-corrected chi connectivity index (χ1v) is 10.2. The summed E-state index contributed by atoms with van der Waals surface area (Å²) in [6, 6.07) is 14.4. The van der Waals surface area contributed by atoms with Gasteiger partial charge in [0.25, 0.3) is 5.91 Å². The molecular weight excluding hydrogens is 377 g/mol. The second kappa shape index (κ2) is 10.5. The first kappa shape index (κ1) is 25.5. The highest BCUT2D eigenvalue weighted by atomic mass is 19.2. The molecule has 0 atom stereocenters. The van der Waals surface area contributed by atoms with Crippen molar-refractivity contribution in [3.63, 3.8) is 0 Å². The number of carbonyl (C=O) groups excluding carboxylic acids is 1. The SMILES string of the molecule is CC(C)(C)/C(CN)=N/F.Cc1ccc(-c2cc(C)cc(C(=O)NC(C)(C)C)c2)cc1. The van der Waals surface area contributed by atoms with E-state index in [-0.39, 0.29) is 23.4 Å². The van der Waals surface area contributed by atoms with Crippen molar-refractivity contribution in [1.29, 1.82) is 0 Å². The fraction of sp³-hybridized carbons (Fsp3) is 0.440. The summed E-state index contributed by atoms with van der Waals surface area (Å²) in [4.78, 5) is 12.3. The third-order valence-electron chi connectivity index (χ3n) is 4.37. The summed E-state index contributed by atoms with van der Waals surface area (Å²) >= 11 is 0. The van der Waals surface area contributed by atoms with Crippen LogP contribution in [0.5, 0.6) is 0 Å². The summed E-state index contributed by atoms with van der Waals surface area (Å²) in [5, 5.41) is 5.58. The number of aryl methyl sites for hydroxylation is 2. The molecular formula is C25H36FN3O. The van der Waals surface area contributed by atoms with Gasteiger partial charge in [-0.25, -0.2) is 0 Å². The van der Waals surface area contributed by atoms with Gasteiger partial charge in [0.1, 0.15) is 0 Å². The summed E-state index contributed by atoms with van der Waals surface area (Å²) in [6.07, 6.45) is 0. The molecule has 0 spiro atoms. The van der Waals surface area contributed by atoms with Gasteiger partial charge >= 0.3 is 0 Å². The Bertz CT molecular complexity index is 873. The van der Waals surface area contributed by atoms with Crippen LogP contribution in [0, 0.1) is 19.3 Å². The maximum absolute atomic E-state index is 12.3. The number of nitrogens with zero attached hydrogens (tertiary/aromatic N) is 1. The molecule has 0 heterocycles. The lowest BCUT2D eigenvalue weighted by Crippen LogP contribution is -2.40. The molecule has 2 aromatic rings. The van der Waals surface area contributed by atoms with Crippen LogP contribution < -0.4 is 11.1 Å². The number of nitrogens with two attached hydrogens (primary N) is 1. The molecule has 0 saturated carbocycles. The monoisotopic (exact) mass is 413 g/mol. The molecule has 0 radical (unpaired) electrons. The molecule has 2 rings (SSSR count). The van der Waals surface area contributed by atoms with E-state index < -0.39 is 0 Å². The van der Waals surface area contributed by atoms with Gasteiger partial charge in [0.2, 0.25) is 0 Å². The zero-order valence-electron chi connectivity index (χ0n) is 19.6. The highest BCUT2D eigenvalue weighted by molar-refractivity contribution is 5.96. The van der Waals surface area contributed by atoms with Gasteiger partial charge in [-0.15, -0.1) is 0 Å². The highest BCUT2D eigenvalue weighted by Crippen LogP contribution is 2.23. The fourth-order valence-corrected chi connectivity index (χ4v) is 2.71. The molecule has 0 saturated heterocycles. The van der Waals surface area contributed by atoms with E-state index in [0.29, 0.717) is 11.3 Å². The van der Waals surface area contributed by atoms with Crippen molar-refractivity contribution >= 4 is 11.6 Å². The fourth-order valence-electron chi connectivity index (χ4n) is 2.71. The Morgan fingerprint density at radius 2 is 1.50 bits per heavy atom. The average Bonchev–Trinajstić information content (AvgIpc) is 2.60. The van der Waals surface area contributed by atoms with E-state index >= 15 is 0 Å². The van der Waals surface area contributed by atoms with Crippen LogP contribution in [0.3, 0.4) is 0 Å². The lowest BCUT2D eigenvalue weighted by atomic mass is 9.90. The number of hydrogen-bond donors (Lipinski definition) is 2. The predicted octanol–water partition coefficient (Wildman–Crippen LogP) is 5.82. The quantitative estimate of drug-likeness (QED) is 0.623. The van der Waals surface area contributed by atoms with E-state index in [1.807, 2.05) is 60.6 Å². The molecule has 164 valence electrons. The Hall–Kier alpha value is -2.53. The molecule has 0 aromatic heterocycles. The van der Waals surface area contributed by atoms with E-state index in [9.17, 15) is 9.28 Å². The minimum Gasteiger partial charge on any atom is -0.347 e. The van der Waals surface area contributed by atoms with E-state index in [1.165, 1.54) is 5.56 Å². The van der Waals surface area contributed by atoms with Crippen molar-refractivity contribution in [1.82, 2.24) is 5.32 Å². The maximum atomic E-state index is 12.3. The van der Waals surface area contributed by atoms with Crippen LogP contribution in [0.2, 0.25) is 0 Å². The molecule has 0 unspecified atom stereocenters. The largest absolute Gasteiger partial charge is 0.347 e. The smallest absolute Gasteiger partial charge is 0.251 e. The topological polar surface area (TPSA) is 67.5 Å². The molecule has 5 heteroatoms. The van der Waals surface area contributed by atoms with Crippen LogP contribution in [0.25, 0.3) is 11.1 Å². The molecule has 0 aliphatic carbocycles. The number of nitrogens with one attached hydrogen (secondary N) is 1. The van der Waals surface area contributed by atoms with Gasteiger partial charge in [0.05, 0.1) is 5.71 Å². The van der Waals surface area contributed by atoms with Crippen LogP contribution in [0.15, 0.2) is 47.7 Å². The van der Waals surface area contributed by atoms with Gasteiger partial charge in [-0.3, -0.25) is 4.79 Å².